The molecule has 10 nitrogen and oxygen atoms in total. The number of fused-ring (bicyclic) bond motifs is 1. The van der Waals surface area contributed by atoms with Gasteiger partial charge in [-0.25, -0.2) is 19.3 Å². The molecule has 1 aliphatic rings. The van der Waals surface area contributed by atoms with E-state index < -0.39 is 38.9 Å². The first-order valence-corrected chi connectivity index (χ1v) is 15.6. The number of nitrogens with one attached hydrogen (secondary N) is 1. The number of aromatic nitrogens is 4. The fraction of sp³-hybridized carbons (Fsp3) is 0.367. The molecule has 220 valence electrons. The van der Waals surface area contributed by atoms with E-state index in [0.717, 1.165) is 10.4 Å². The van der Waals surface area contributed by atoms with Crippen molar-refractivity contribution < 1.29 is 27.9 Å². The zero-order valence-electron chi connectivity index (χ0n) is 24.2. The first-order chi connectivity index (χ1) is 20.0. The predicted octanol–water partition coefficient (Wildman–Crippen LogP) is 3.53. The van der Waals surface area contributed by atoms with Crippen LogP contribution >= 0.6 is 0 Å². The number of hydrogen-bond acceptors (Lipinski definition) is 8. The predicted molar refractivity (Wildman–Crippen MR) is 158 cm³/mol. The molecule has 0 unspecified atom stereocenters. The molecular weight excluding hydrogens is 557 g/mol. The van der Waals surface area contributed by atoms with Crippen LogP contribution in [0.15, 0.2) is 73.3 Å². The van der Waals surface area contributed by atoms with Crippen LogP contribution in [-0.2, 0) is 23.5 Å². The summed E-state index contributed by atoms with van der Waals surface area (Å²) < 4.78 is 36.3. The van der Waals surface area contributed by atoms with Crippen LogP contribution < -0.4 is 15.7 Å². The average molecular weight is 592 g/mol. The lowest BCUT2D eigenvalue weighted by Crippen LogP contribution is -2.67. The number of esters is 1. The minimum Gasteiger partial charge on any atom is -0.456 e. The highest BCUT2D eigenvalue weighted by Gasteiger charge is 2.54. The van der Waals surface area contributed by atoms with Crippen molar-refractivity contribution in [3.8, 4) is 0 Å². The molecule has 0 saturated carbocycles. The van der Waals surface area contributed by atoms with Gasteiger partial charge in [-0.3, -0.25) is 14.2 Å². The van der Waals surface area contributed by atoms with E-state index in [4.69, 9.17) is 13.9 Å². The summed E-state index contributed by atoms with van der Waals surface area (Å²) in [6, 6.07) is 20.1. The maximum Gasteiger partial charge on any atom is 0.303 e. The van der Waals surface area contributed by atoms with E-state index in [2.05, 4.69) is 65.3 Å². The number of benzene rings is 2. The molecule has 42 heavy (non-hydrogen) atoms. The van der Waals surface area contributed by atoms with E-state index >= 15 is 4.39 Å². The van der Waals surface area contributed by atoms with Crippen LogP contribution in [0.1, 0.15) is 40.8 Å². The molecule has 0 radical (unpaired) electrons. The van der Waals surface area contributed by atoms with Crippen LogP contribution in [-0.4, -0.2) is 64.7 Å². The van der Waals surface area contributed by atoms with Gasteiger partial charge in [-0.2, -0.15) is 0 Å². The number of halogens is 1. The lowest BCUT2D eigenvalue weighted by atomic mass is 10.1. The third kappa shape index (κ3) is 5.44. The van der Waals surface area contributed by atoms with Crippen molar-refractivity contribution in [3.05, 3.63) is 73.3 Å². The van der Waals surface area contributed by atoms with Crippen molar-refractivity contribution in [2.75, 3.05) is 11.9 Å². The van der Waals surface area contributed by atoms with Gasteiger partial charge in [0, 0.05) is 13.8 Å². The zero-order valence-corrected chi connectivity index (χ0v) is 25.2. The molecule has 2 aromatic heterocycles. The van der Waals surface area contributed by atoms with Crippen molar-refractivity contribution in [3.63, 3.8) is 0 Å². The van der Waals surface area contributed by atoms with Gasteiger partial charge < -0.3 is 19.2 Å². The Morgan fingerprint density at radius 2 is 1.62 bits per heavy atom. The molecule has 0 aliphatic carbocycles. The summed E-state index contributed by atoms with van der Waals surface area (Å²) in [6.07, 6.45) is -2.51. The van der Waals surface area contributed by atoms with E-state index in [1.165, 1.54) is 31.1 Å². The second-order valence-electron chi connectivity index (χ2n) is 11.3. The molecule has 12 heteroatoms. The van der Waals surface area contributed by atoms with Gasteiger partial charge in [0.1, 0.15) is 12.4 Å². The molecule has 0 spiro atoms. The highest BCUT2D eigenvalue weighted by atomic mass is 28.4. The van der Waals surface area contributed by atoms with Crippen molar-refractivity contribution in [2.24, 2.45) is 0 Å². The van der Waals surface area contributed by atoms with Gasteiger partial charge in [0.2, 0.25) is 5.91 Å². The molecule has 5 rings (SSSR count). The van der Waals surface area contributed by atoms with Crippen molar-refractivity contribution in [2.45, 2.75) is 64.3 Å². The molecule has 1 aliphatic heterocycles. The number of alkyl halides is 1. The van der Waals surface area contributed by atoms with Crippen molar-refractivity contribution in [1.82, 2.24) is 19.5 Å². The Hall–Kier alpha value is -4.00. The number of nitrogens with zero attached hydrogens (tertiary/aromatic N) is 4. The molecule has 2 aromatic carbocycles. The Kier molecular flexibility index (Phi) is 8.22. The summed E-state index contributed by atoms with van der Waals surface area (Å²) in [7, 11) is -2.99. The Morgan fingerprint density at radius 3 is 2.17 bits per heavy atom. The van der Waals surface area contributed by atoms with Gasteiger partial charge in [-0.05, 0) is 15.4 Å². The smallest absolute Gasteiger partial charge is 0.303 e. The highest BCUT2D eigenvalue weighted by molar-refractivity contribution is 6.99. The molecule has 1 amide bonds. The quantitative estimate of drug-likeness (QED) is 0.244. The molecule has 0 bridgehead atoms. The minimum atomic E-state index is -2.99. The fourth-order valence-corrected chi connectivity index (χ4v) is 10.2. The topological polar surface area (TPSA) is 117 Å². The number of ether oxygens (including phenoxy) is 2. The van der Waals surface area contributed by atoms with Gasteiger partial charge in [0.05, 0.1) is 12.9 Å². The standard InChI is InChI=1S/C30H34FN5O5Si/c1-19(37)35-27-25-28(33-17-32-27)36(18-34-25)29-24(31)26(40-20(2)38)23(41-29)16-39-42(30(3,4)5,21-12-8-6-9-13-21)22-14-10-7-11-15-22/h6-15,17-18,23-24,26,29H,16H2,1-5H3,(H,32,33,35,37)/t23-,24-,26-,29-/m1/s1. The molecule has 4 atom stereocenters. The Morgan fingerprint density at radius 1 is 1.00 bits per heavy atom. The summed E-state index contributed by atoms with van der Waals surface area (Å²) in [5.41, 5.74) is 0.538. The second-order valence-corrected chi connectivity index (χ2v) is 15.6. The van der Waals surface area contributed by atoms with E-state index in [9.17, 15) is 9.59 Å². The van der Waals surface area contributed by atoms with Crippen molar-refractivity contribution >= 4 is 47.5 Å². The Bertz CT molecular complexity index is 1520. The van der Waals surface area contributed by atoms with E-state index in [1.807, 2.05) is 36.4 Å². The fourth-order valence-electron chi connectivity index (χ4n) is 5.65. The van der Waals surface area contributed by atoms with Crippen LogP contribution in [0.3, 0.4) is 0 Å². The zero-order chi connectivity index (χ0) is 30.1. The summed E-state index contributed by atoms with van der Waals surface area (Å²) in [5.74, 6) is -0.767. The number of hydrogen-bond donors (Lipinski definition) is 1. The number of carbonyl (C=O) groups excluding carboxylic acids is 2. The molecule has 1 N–H and O–H groups in total. The monoisotopic (exact) mass is 591 g/mol. The van der Waals surface area contributed by atoms with Crippen LogP contribution in [0.2, 0.25) is 5.04 Å². The van der Waals surface area contributed by atoms with Crippen LogP contribution in [0, 0.1) is 0 Å². The average Bonchev–Trinajstić information content (AvgIpc) is 3.50. The summed E-state index contributed by atoms with van der Waals surface area (Å²) in [6.45, 7) is 8.98. The van der Waals surface area contributed by atoms with Gasteiger partial charge in [0.25, 0.3) is 8.32 Å². The Labute approximate surface area is 244 Å². The highest BCUT2D eigenvalue weighted by Crippen LogP contribution is 2.40. The maximum absolute atomic E-state index is 16.2. The molecule has 1 fully saturated rings. The van der Waals surface area contributed by atoms with E-state index in [0.29, 0.717) is 0 Å². The van der Waals surface area contributed by atoms with Crippen molar-refractivity contribution in [1.29, 1.82) is 0 Å². The molecule has 3 heterocycles. The SMILES string of the molecule is CC(=O)Nc1ncnc2c1ncn2[C@@H]1O[C@H](CO[Si](c2ccccc2)(c2ccccc2)C(C)(C)C)[C@@H](OC(C)=O)[C@H]1F. The molecular formula is C30H34FN5O5Si. The van der Waals surface area contributed by atoms with Crippen LogP contribution in [0.25, 0.3) is 11.2 Å². The lowest BCUT2D eigenvalue weighted by molar-refractivity contribution is -0.152. The third-order valence-corrected chi connectivity index (χ3v) is 12.4. The number of rotatable bonds is 8. The first-order valence-electron chi connectivity index (χ1n) is 13.7. The third-order valence-electron chi connectivity index (χ3n) is 7.38. The molecule has 1 saturated heterocycles. The van der Waals surface area contributed by atoms with E-state index in [-0.39, 0.29) is 34.5 Å². The van der Waals surface area contributed by atoms with Crippen LogP contribution in [0.5, 0.6) is 0 Å². The number of carbonyl (C=O) groups is 2. The van der Waals surface area contributed by atoms with Crippen LogP contribution in [0.4, 0.5) is 10.2 Å². The van der Waals surface area contributed by atoms with Gasteiger partial charge in [-0.15, -0.1) is 0 Å². The normalized spacial score (nSPS) is 20.9. The van der Waals surface area contributed by atoms with Gasteiger partial charge in [-0.1, -0.05) is 81.4 Å². The first kappa shape index (κ1) is 29.5. The van der Waals surface area contributed by atoms with E-state index in [1.54, 1.807) is 0 Å². The minimum absolute atomic E-state index is 0.0269. The summed E-state index contributed by atoms with van der Waals surface area (Å²) in [5, 5.41) is 4.40. The van der Waals surface area contributed by atoms with Gasteiger partial charge >= 0.3 is 5.97 Å². The second kappa shape index (κ2) is 11.7. The summed E-state index contributed by atoms with van der Waals surface area (Å²) in [4.78, 5) is 36.4. The molecule has 4 aromatic rings. The largest absolute Gasteiger partial charge is 0.456 e. The lowest BCUT2D eigenvalue weighted by Gasteiger charge is -2.43. The number of anilines is 1. The summed E-state index contributed by atoms with van der Waals surface area (Å²) >= 11 is 0. The Balaban J connectivity index is 1.52. The maximum atomic E-state index is 16.2. The number of amides is 1. The number of imidazole rings is 1. The van der Waals surface area contributed by atoms with Gasteiger partial charge in [0.15, 0.2) is 35.5 Å².